The highest BCUT2D eigenvalue weighted by molar-refractivity contribution is 7.91. The molecule has 0 saturated carbocycles. The van der Waals surface area contributed by atoms with E-state index in [9.17, 15) is 31.2 Å². The lowest BCUT2D eigenvalue weighted by Gasteiger charge is -2.11. The number of esters is 1. The van der Waals surface area contributed by atoms with E-state index < -0.39 is 46.1 Å². The second-order valence-electron chi connectivity index (χ2n) is 5.32. The molecule has 0 bridgehead atoms. The summed E-state index contributed by atoms with van der Waals surface area (Å²) in [4.78, 5) is 23.3. The van der Waals surface area contributed by atoms with Gasteiger partial charge in [0.15, 0.2) is 16.4 Å². The average molecular weight is 365 g/mol. The normalized spacial score (nSPS) is 19.7. The Morgan fingerprint density at radius 3 is 2.33 bits per heavy atom. The number of carbonyl (C=O) groups excluding carboxylic acids is 2. The van der Waals surface area contributed by atoms with Crippen LogP contribution < -0.4 is 5.32 Å². The van der Waals surface area contributed by atoms with Crippen molar-refractivity contribution in [1.82, 2.24) is 5.32 Å². The predicted octanol–water partition coefficient (Wildman–Crippen LogP) is 1.17. The van der Waals surface area contributed by atoms with Gasteiger partial charge in [-0.25, -0.2) is 13.2 Å². The lowest BCUT2D eigenvalue weighted by atomic mass is 10.1. The first-order chi connectivity index (χ1) is 11.1. The third kappa shape index (κ3) is 4.95. The number of hydrogen-bond acceptors (Lipinski definition) is 5. The van der Waals surface area contributed by atoms with E-state index in [1.54, 1.807) is 0 Å². The Kier molecular flexibility index (Phi) is 5.16. The van der Waals surface area contributed by atoms with Gasteiger partial charge < -0.3 is 10.1 Å². The van der Waals surface area contributed by atoms with E-state index in [4.69, 9.17) is 4.74 Å². The number of amides is 1. The molecule has 1 aromatic rings. The zero-order valence-corrected chi connectivity index (χ0v) is 13.1. The molecule has 24 heavy (non-hydrogen) atoms. The van der Waals surface area contributed by atoms with Crippen LogP contribution in [0.15, 0.2) is 24.3 Å². The van der Waals surface area contributed by atoms with Crippen molar-refractivity contribution in [3.8, 4) is 0 Å². The summed E-state index contributed by atoms with van der Waals surface area (Å²) in [5.74, 6) is -1.79. The van der Waals surface area contributed by atoms with Crippen molar-refractivity contribution in [1.29, 1.82) is 0 Å². The molecule has 0 radical (unpaired) electrons. The summed E-state index contributed by atoms with van der Waals surface area (Å²) in [6, 6.07) is 2.85. The first-order valence-electron chi connectivity index (χ1n) is 6.91. The first-order valence-corrected chi connectivity index (χ1v) is 8.73. The van der Waals surface area contributed by atoms with Crippen molar-refractivity contribution in [3.05, 3.63) is 35.4 Å². The smallest absolute Gasteiger partial charge is 0.416 e. The van der Waals surface area contributed by atoms with Gasteiger partial charge in [-0.3, -0.25) is 4.79 Å². The fourth-order valence-electron chi connectivity index (χ4n) is 2.19. The molecule has 1 heterocycles. The van der Waals surface area contributed by atoms with E-state index in [2.05, 4.69) is 5.32 Å². The van der Waals surface area contributed by atoms with Crippen LogP contribution in [0.1, 0.15) is 22.3 Å². The number of sulfone groups is 1. The largest absolute Gasteiger partial charge is 0.452 e. The van der Waals surface area contributed by atoms with Gasteiger partial charge >= 0.3 is 12.1 Å². The predicted molar refractivity (Wildman–Crippen MR) is 76.9 cm³/mol. The van der Waals surface area contributed by atoms with E-state index in [0.29, 0.717) is 6.42 Å². The van der Waals surface area contributed by atoms with Gasteiger partial charge in [-0.2, -0.15) is 13.2 Å². The maximum absolute atomic E-state index is 12.4. The Bertz CT molecular complexity index is 728. The SMILES string of the molecule is O=C(COC(=O)c1ccc(C(F)(F)F)cc1)N[C@H]1CCS(=O)(=O)C1. The Morgan fingerprint density at radius 1 is 1.21 bits per heavy atom. The topological polar surface area (TPSA) is 89.5 Å². The minimum Gasteiger partial charge on any atom is -0.452 e. The van der Waals surface area contributed by atoms with E-state index in [1.807, 2.05) is 0 Å². The van der Waals surface area contributed by atoms with Crippen molar-refractivity contribution in [2.24, 2.45) is 0 Å². The molecular weight excluding hydrogens is 351 g/mol. The van der Waals surface area contributed by atoms with Crippen LogP contribution in [0.2, 0.25) is 0 Å². The average Bonchev–Trinajstić information content (AvgIpc) is 2.83. The highest BCUT2D eigenvalue weighted by Gasteiger charge is 2.31. The van der Waals surface area contributed by atoms with E-state index in [-0.39, 0.29) is 17.1 Å². The van der Waals surface area contributed by atoms with E-state index in [1.165, 1.54) is 0 Å². The molecule has 1 fully saturated rings. The Labute approximate surface area is 135 Å². The number of alkyl halides is 3. The minimum atomic E-state index is -4.51. The van der Waals surface area contributed by atoms with Gasteiger partial charge in [0.1, 0.15) is 0 Å². The molecule has 6 nitrogen and oxygen atoms in total. The number of nitrogens with one attached hydrogen (secondary N) is 1. The lowest BCUT2D eigenvalue weighted by molar-refractivity contribution is -0.137. The third-order valence-electron chi connectivity index (χ3n) is 3.38. The molecule has 1 aliphatic heterocycles. The Morgan fingerprint density at radius 2 is 1.83 bits per heavy atom. The standard InChI is InChI=1S/C14H14F3NO5S/c15-14(16,17)10-3-1-9(2-4-10)13(20)23-7-12(19)18-11-5-6-24(21,22)8-11/h1-4,11H,5-8H2,(H,18,19)/t11-/m0/s1. The molecule has 1 amide bonds. The Balaban J connectivity index is 1.83. The van der Waals surface area contributed by atoms with Crippen LogP contribution in [0.25, 0.3) is 0 Å². The molecule has 132 valence electrons. The van der Waals surface area contributed by atoms with Crippen LogP contribution in [0.4, 0.5) is 13.2 Å². The molecule has 0 aromatic heterocycles. The summed E-state index contributed by atoms with van der Waals surface area (Å²) in [5, 5.41) is 2.43. The minimum absolute atomic E-state index is 0.0106. The summed E-state index contributed by atoms with van der Waals surface area (Å²) in [7, 11) is -3.15. The van der Waals surface area contributed by atoms with Crippen molar-refractivity contribution in [2.75, 3.05) is 18.1 Å². The van der Waals surface area contributed by atoms with Crippen LogP contribution in [0.3, 0.4) is 0 Å². The lowest BCUT2D eigenvalue weighted by Crippen LogP contribution is -2.38. The van der Waals surface area contributed by atoms with Gasteiger partial charge in [0, 0.05) is 6.04 Å². The fraction of sp³-hybridized carbons (Fsp3) is 0.429. The number of rotatable bonds is 4. The molecule has 1 aliphatic rings. The quantitative estimate of drug-likeness (QED) is 0.809. The summed E-state index contributed by atoms with van der Waals surface area (Å²) in [5.41, 5.74) is -1.03. The molecule has 1 atom stereocenters. The van der Waals surface area contributed by atoms with Gasteiger partial charge in [-0.05, 0) is 30.7 Å². The highest BCUT2D eigenvalue weighted by Crippen LogP contribution is 2.29. The molecule has 10 heteroatoms. The summed E-state index contributed by atoms with van der Waals surface area (Å²) in [6.45, 7) is -0.642. The molecular formula is C14H14F3NO5S. The van der Waals surface area contributed by atoms with Crippen molar-refractivity contribution in [3.63, 3.8) is 0 Å². The van der Waals surface area contributed by atoms with Crippen molar-refractivity contribution < 1.29 is 35.9 Å². The number of carbonyl (C=O) groups is 2. The summed E-state index contributed by atoms with van der Waals surface area (Å²) in [6.07, 6.45) is -4.22. The van der Waals surface area contributed by atoms with Crippen LogP contribution >= 0.6 is 0 Å². The van der Waals surface area contributed by atoms with Crippen LogP contribution in [-0.2, 0) is 25.5 Å². The maximum atomic E-state index is 12.4. The van der Waals surface area contributed by atoms with Gasteiger partial charge in [-0.1, -0.05) is 0 Å². The van der Waals surface area contributed by atoms with Gasteiger partial charge in [0.05, 0.1) is 22.6 Å². The van der Waals surface area contributed by atoms with Crippen LogP contribution in [-0.4, -0.2) is 44.4 Å². The van der Waals surface area contributed by atoms with Gasteiger partial charge in [0.2, 0.25) is 0 Å². The van der Waals surface area contributed by atoms with E-state index in [0.717, 1.165) is 24.3 Å². The summed E-state index contributed by atoms with van der Waals surface area (Å²) < 4.78 is 64.4. The molecule has 2 rings (SSSR count). The Hall–Kier alpha value is -2.10. The zero-order valence-electron chi connectivity index (χ0n) is 12.3. The maximum Gasteiger partial charge on any atom is 0.416 e. The van der Waals surface area contributed by atoms with Gasteiger partial charge in [0.25, 0.3) is 5.91 Å². The molecule has 1 aromatic carbocycles. The molecule has 0 spiro atoms. The number of benzene rings is 1. The summed E-state index contributed by atoms with van der Waals surface area (Å²) >= 11 is 0. The first kappa shape index (κ1) is 18.2. The third-order valence-corrected chi connectivity index (χ3v) is 5.15. The fourth-order valence-corrected chi connectivity index (χ4v) is 3.86. The zero-order chi connectivity index (χ0) is 18.0. The number of halogens is 3. The molecule has 0 aliphatic carbocycles. The van der Waals surface area contributed by atoms with Gasteiger partial charge in [-0.15, -0.1) is 0 Å². The second-order valence-corrected chi connectivity index (χ2v) is 7.55. The molecule has 1 saturated heterocycles. The van der Waals surface area contributed by atoms with E-state index >= 15 is 0 Å². The highest BCUT2D eigenvalue weighted by atomic mass is 32.2. The molecule has 0 unspecified atom stereocenters. The number of hydrogen-bond donors (Lipinski definition) is 1. The second kappa shape index (κ2) is 6.80. The number of ether oxygens (including phenoxy) is 1. The van der Waals surface area contributed by atoms with Crippen LogP contribution in [0, 0.1) is 0 Å². The van der Waals surface area contributed by atoms with Crippen LogP contribution in [0.5, 0.6) is 0 Å². The van der Waals surface area contributed by atoms with Crippen molar-refractivity contribution in [2.45, 2.75) is 18.6 Å². The molecule has 1 N–H and O–H groups in total. The van der Waals surface area contributed by atoms with Crippen molar-refractivity contribution >= 4 is 21.7 Å². The monoisotopic (exact) mass is 365 g/mol.